The second kappa shape index (κ2) is 7.70. The fourth-order valence-electron chi connectivity index (χ4n) is 3.45. The van der Waals surface area contributed by atoms with E-state index in [0.29, 0.717) is 13.0 Å². The van der Waals surface area contributed by atoms with Gasteiger partial charge in [-0.25, -0.2) is 4.79 Å². The molecule has 1 fully saturated rings. The summed E-state index contributed by atoms with van der Waals surface area (Å²) in [5.41, 5.74) is 3.21. The summed E-state index contributed by atoms with van der Waals surface area (Å²) in [6.07, 6.45) is 6.04. The van der Waals surface area contributed by atoms with Crippen LogP contribution in [0.1, 0.15) is 31.7 Å². The maximum absolute atomic E-state index is 12.5. The third-order valence-electron chi connectivity index (χ3n) is 4.66. The SMILES string of the molecule is CC(O)CC1CCCN1C(=O)NCc1cccc(-c2cnn(C)c2)c1. The standard InChI is InChI=1S/C19H26N4O2/c1-14(24)9-18-7-4-8-23(18)19(25)20-11-15-5-3-6-16(10-15)17-12-21-22(2)13-17/h3,5-6,10,12-14,18,24H,4,7-9,11H2,1-2H3,(H,20,25). The molecule has 0 spiro atoms. The second-order valence-corrected chi connectivity index (χ2v) is 6.84. The number of benzene rings is 1. The summed E-state index contributed by atoms with van der Waals surface area (Å²) in [5, 5.41) is 16.8. The van der Waals surface area contributed by atoms with Crippen molar-refractivity contribution in [3.63, 3.8) is 0 Å². The number of nitrogens with zero attached hydrogens (tertiary/aromatic N) is 3. The number of amides is 2. The van der Waals surface area contributed by atoms with Crippen molar-refractivity contribution in [2.24, 2.45) is 7.05 Å². The van der Waals surface area contributed by atoms with Gasteiger partial charge in [-0.15, -0.1) is 0 Å². The molecule has 25 heavy (non-hydrogen) atoms. The van der Waals surface area contributed by atoms with Gasteiger partial charge < -0.3 is 15.3 Å². The van der Waals surface area contributed by atoms with Gasteiger partial charge in [-0.1, -0.05) is 18.2 Å². The lowest BCUT2D eigenvalue weighted by Gasteiger charge is -2.26. The van der Waals surface area contributed by atoms with Gasteiger partial charge in [-0.3, -0.25) is 4.68 Å². The molecule has 0 saturated carbocycles. The Balaban J connectivity index is 1.60. The van der Waals surface area contributed by atoms with Gasteiger partial charge in [0.1, 0.15) is 0 Å². The second-order valence-electron chi connectivity index (χ2n) is 6.84. The molecule has 3 rings (SSSR count). The molecule has 1 aliphatic heterocycles. The van der Waals surface area contributed by atoms with E-state index in [2.05, 4.69) is 16.5 Å². The van der Waals surface area contributed by atoms with E-state index >= 15 is 0 Å². The van der Waals surface area contributed by atoms with Crippen LogP contribution >= 0.6 is 0 Å². The maximum atomic E-state index is 12.5. The minimum atomic E-state index is -0.380. The Morgan fingerprint density at radius 2 is 2.28 bits per heavy atom. The number of aryl methyl sites for hydroxylation is 1. The lowest BCUT2D eigenvalue weighted by Crippen LogP contribution is -2.43. The highest BCUT2D eigenvalue weighted by atomic mass is 16.3. The summed E-state index contributed by atoms with van der Waals surface area (Å²) < 4.78 is 1.78. The van der Waals surface area contributed by atoms with E-state index in [1.807, 2.05) is 42.5 Å². The molecule has 0 aliphatic carbocycles. The Bertz CT molecular complexity index is 726. The van der Waals surface area contributed by atoms with Crippen molar-refractivity contribution in [1.82, 2.24) is 20.0 Å². The van der Waals surface area contributed by atoms with Gasteiger partial charge in [0.25, 0.3) is 0 Å². The normalized spacial score (nSPS) is 18.4. The van der Waals surface area contributed by atoms with E-state index in [4.69, 9.17) is 0 Å². The zero-order chi connectivity index (χ0) is 17.8. The van der Waals surface area contributed by atoms with Crippen molar-refractivity contribution < 1.29 is 9.90 Å². The van der Waals surface area contributed by atoms with E-state index in [1.165, 1.54) is 0 Å². The van der Waals surface area contributed by atoms with Crippen LogP contribution < -0.4 is 5.32 Å². The monoisotopic (exact) mass is 342 g/mol. The minimum absolute atomic E-state index is 0.0464. The van der Waals surface area contributed by atoms with Crippen LogP contribution in [0.5, 0.6) is 0 Å². The largest absolute Gasteiger partial charge is 0.393 e. The Kier molecular flexibility index (Phi) is 5.38. The Labute approximate surface area is 148 Å². The highest BCUT2D eigenvalue weighted by molar-refractivity contribution is 5.75. The number of aliphatic hydroxyl groups is 1. The highest BCUT2D eigenvalue weighted by Gasteiger charge is 2.29. The van der Waals surface area contributed by atoms with E-state index in [9.17, 15) is 9.90 Å². The van der Waals surface area contributed by atoms with Crippen LogP contribution in [-0.4, -0.2) is 44.5 Å². The molecule has 0 bridgehead atoms. The summed E-state index contributed by atoms with van der Waals surface area (Å²) in [6.45, 7) is 3.03. The molecule has 1 aromatic carbocycles. The Morgan fingerprint density at radius 3 is 3.00 bits per heavy atom. The topological polar surface area (TPSA) is 70.4 Å². The summed E-state index contributed by atoms with van der Waals surface area (Å²) in [7, 11) is 1.90. The number of likely N-dealkylation sites (tertiary alicyclic amines) is 1. The fraction of sp³-hybridized carbons (Fsp3) is 0.474. The molecular formula is C19H26N4O2. The number of aliphatic hydroxyl groups excluding tert-OH is 1. The quantitative estimate of drug-likeness (QED) is 0.877. The lowest BCUT2D eigenvalue weighted by molar-refractivity contribution is 0.138. The van der Waals surface area contributed by atoms with Crippen molar-refractivity contribution in [2.45, 2.75) is 44.9 Å². The first-order chi connectivity index (χ1) is 12.0. The summed E-state index contributed by atoms with van der Waals surface area (Å²) in [6, 6.07) is 8.22. The number of aromatic nitrogens is 2. The van der Waals surface area contributed by atoms with Gasteiger partial charge in [0.15, 0.2) is 0 Å². The van der Waals surface area contributed by atoms with Crippen molar-refractivity contribution in [1.29, 1.82) is 0 Å². The number of urea groups is 1. The van der Waals surface area contributed by atoms with E-state index < -0.39 is 0 Å². The van der Waals surface area contributed by atoms with E-state index in [-0.39, 0.29) is 18.2 Å². The molecule has 0 radical (unpaired) electrons. The molecule has 2 aromatic rings. The predicted molar refractivity (Wildman–Crippen MR) is 96.9 cm³/mol. The van der Waals surface area contributed by atoms with Crippen LogP contribution in [0.25, 0.3) is 11.1 Å². The zero-order valence-electron chi connectivity index (χ0n) is 14.9. The Hall–Kier alpha value is -2.34. The first-order valence-corrected chi connectivity index (χ1v) is 8.83. The van der Waals surface area contributed by atoms with Crippen LogP contribution in [0.15, 0.2) is 36.7 Å². The number of nitrogens with one attached hydrogen (secondary N) is 1. The summed E-state index contributed by atoms with van der Waals surface area (Å²) in [5.74, 6) is 0. The molecule has 2 heterocycles. The maximum Gasteiger partial charge on any atom is 0.317 e. The Morgan fingerprint density at radius 1 is 1.44 bits per heavy atom. The van der Waals surface area contributed by atoms with Crippen LogP contribution in [-0.2, 0) is 13.6 Å². The smallest absolute Gasteiger partial charge is 0.317 e. The van der Waals surface area contributed by atoms with Gasteiger partial charge in [0.05, 0.1) is 12.3 Å². The van der Waals surface area contributed by atoms with Gasteiger partial charge in [-0.05, 0) is 43.4 Å². The van der Waals surface area contributed by atoms with Gasteiger partial charge in [0.2, 0.25) is 0 Å². The van der Waals surface area contributed by atoms with Gasteiger partial charge in [0, 0.05) is 37.9 Å². The molecule has 1 aromatic heterocycles. The molecule has 1 aliphatic rings. The molecule has 6 nitrogen and oxygen atoms in total. The molecular weight excluding hydrogens is 316 g/mol. The van der Waals surface area contributed by atoms with E-state index in [0.717, 1.165) is 36.1 Å². The number of hydrogen-bond donors (Lipinski definition) is 2. The van der Waals surface area contributed by atoms with Gasteiger partial charge in [-0.2, -0.15) is 5.10 Å². The first-order valence-electron chi connectivity index (χ1n) is 8.83. The fourth-order valence-corrected chi connectivity index (χ4v) is 3.45. The molecule has 2 atom stereocenters. The molecule has 134 valence electrons. The van der Waals surface area contributed by atoms with Crippen molar-refractivity contribution in [3.05, 3.63) is 42.2 Å². The van der Waals surface area contributed by atoms with E-state index in [1.54, 1.807) is 11.6 Å². The average molecular weight is 342 g/mol. The number of rotatable bonds is 5. The summed E-state index contributed by atoms with van der Waals surface area (Å²) in [4.78, 5) is 14.3. The van der Waals surface area contributed by atoms with Gasteiger partial charge >= 0.3 is 6.03 Å². The summed E-state index contributed by atoms with van der Waals surface area (Å²) >= 11 is 0. The minimum Gasteiger partial charge on any atom is -0.393 e. The first kappa shape index (κ1) is 17.5. The van der Waals surface area contributed by atoms with Crippen molar-refractivity contribution >= 4 is 6.03 Å². The molecule has 2 N–H and O–H groups in total. The molecule has 2 amide bonds. The third kappa shape index (κ3) is 4.39. The molecule has 2 unspecified atom stereocenters. The van der Waals surface area contributed by atoms with Crippen LogP contribution in [0.2, 0.25) is 0 Å². The zero-order valence-corrected chi connectivity index (χ0v) is 14.9. The number of carbonyl (C=O) groups excluding carboxylic acids is 1. The number of carbonyl (C=O) groups is 1. The molecule has 6 heteroatoms. The highest BCUT2D eigenvalue weighted by Crippen LogP contribution is 2.22. The van der Waals surface area contributed by atoms with Crippen molar-refractivity contribution in [2.75, 3.05) is 6.54 Å². The third-order valence-corrected chi connectivity index (χ3v) is 4.66. The lowest BCUT2D eigenvalue weighted by atomic mass is 10.1. The molecule has 1 saturated heterocycles. The van der Waals surface area contributed by atoms with Crippen LogP contribution in [0, 0.1) is 0 Å². The number of hydrogen-bond acceptors (Lipinski definition) is 3. The predicted octanol–water partition coefficient (Wildman–Crippen LogP) is 2.53. The van der Waals surface area contributed by atoms with Crippen LogP contribution in [0.3, 0.4) is 0 Å². The van der Waals surface area contributed by atoms with Crippen molar-refractivity contribution in [3.8, 4) is 11.1 Å². The average Bonchev–Trinajstić information content (AvgIpc) is 3.21. The van der Waals surface area contributed by atoms with Crippen LogP contribution in [0.4, 0.5) is 4.79 Å².